The Morgan fingerprint density at radius 3 is 2.60 bits per heavy atom. The number of nitrogens with zero attached hydrogens (tertiary/aromatic N) is 4. The van der Waals surface area contributed by atoms with Gasteiger partial charge in [-0.1, -0.05) is 35.9 Å². The number of pyridine rings is 1. The molecule has 3 aromatic rings. The molecule has 0 bridgehead atoms. The Bertz CT molecular complexity index is 1560. The minimum absolute atomic E-state index is 0.00665. The molecule has 1 aromatic heterocycles. The molecule has 0 atom stereocenters. The van der Waals surface area contributed by atoms with Crippen molar-refractivity contribution in [1.82, 2.24) is 9.99 Å². The van der Waals surface area contributed by atoms with Crippen molar-refractivity contribution in [2.24, 2.45) is 10.1 Å². The number of aliphatic imine (C=N–C) groups is 1. The average molecular weight is 524 g/mol. The molecule has 2 aliphatic heterocycles. The summed E-state index contributed by atoms with van der Waals surface area (Å²) in [4.78, 5) is 20.8. The first-order chi connectivity index (χ1) is 16.8. The van der Waals surface area contributed by atoms with Gasteiger partial charge in [-0.2, -0.15) is 23.5 Å². The predicted octanol–water partition coefficient (Wildman–Crippen LogP) is 4.17. The van der Waals surface area contributed by atoms with Crippen molar-refractivity contribution >= 4 is 61.5 Å². The SMILES string of the molecule is N=C1C(=Cc2ccc(OS(=O)(=O)c3ccccc3)c(Cl)c2)C(=O)N=C2SC(c3cccnc3)=NN12. The van der Waals surface area contributed by atoms with Crippen molar-refractivity contribution in [2.75, 3.05) is 0 Å². The molecule has 0 saturated heterocycles. The average Bonchev–Trinajstić information content (AvgIpc) is 3.29. The number of fused-ring (bicyclic) bond motifs is 1. The molecule has 0 saturated carbocycles. The van der Waals surface area contributed by atoms with Crippen LogP contribution in [0.4, 0.5) is 0 Å². The lowest BCUT2D eigenvalue weighted by Crippen LogP contribution is -2.35. The Kier molecular flexibility index (Phi) is 5.97. The molecule has 0 unspecified atom stereocenters. The lowest BCUT2D eigenvalue weighted by molar-refractivity contribution is -0.114. The normalized spacial score (nSPS) is 16.7. The lowest BCUT2D eigenvalue weighted by atomic mass is 10.1. The first kappa shape index (κ1) is 23.0. The number of benzene rings is 2. The zero-order valence-electron chi connectivity index (χ0n) is 17.6. The Labute approximate surface area is 209 Å². The third-order valence-electron chi connectivity index (χ3n) is 4.86. The van der Waals surface area contributed by atoms with Gasteiger partial charge in [0.05, 0.1) is 10.6 Å². The van der Waals surface area contributed by atoms with Crippen LogP contribution in [0.25, 0.3) is 6.08 Å². The van der Waals surface area contributed by atoms with Gasteiger partial charge in [0.15, 0.2) is 11.6 Å². The van der Waals surface area contributed by atoms with E-state index < -0.39 is 16.0 Å². The van der Waals surface area contributed by atoms with Crippen LogP contribution in [-0.4, -0.2) is 40.4 Å². The van der Waals surface area contributed by atoms with Crippen molar-refractivity contribution in [2.45, 2.75) is 4.90 Å². The monoisotopic (exact) mass is 523 g/mol. The molecule has 1 amide bonds. The number of amidine groups is 2. The summed E-state index contributed by atoms with van der Waals surface area (Å²) in [6.07, 6.45) is 4.71. The molecule has 2 aliphatic rings. The fourth-order valence-corrected chi connectivity index (χ4v) is 5.32. The van der Waals surface area contributed by atoms with Crippen molar-refractivity contribution in [3.8, 4) is 5.75 Å². The fourth-order valence-electron chi connectivity index (χ4n) is 3.19. The molecule has 5 rings (SSSR count). The largest absolute Gasteiger partial charge is 0.377 e. The maximum absolute atomic E-state index is 12.7. The number of aromatic nitrogens is 1. The van der Waals surface area contributed by atoms with E-state index in [9.17, 15) is 13.2 Å². The molecule has 2 aromatic carbocycles. The molecule has 0 fully saturated rings. The van der Waals surface area contributed by atoms with Crippen LogP contribution < -0.4 is 4.18 Å². The van der Waals surface area contributed by atoms with E-state index in [-0.39, 0.29) is 32.2 Å². The Morgan fingerprint density at radius 2 is 1.89 bits per heavy atom. The molecule has 0 aliphatic carbocycles. The van der Waals surface area contributed by atoms with E-state index in [1.54, 1.807) is 36.7 Å². The Morgan fingerprint density at radius 1 is 1.09 bits per heavy atom. The van der Waals surface area contributed by atoms with Crippen molar-refractivity contribution < 1.29 is 17.4 Å². The maximum Gasteiger partial charge on any atom is 0.339 e. The molecule has 35 heavy (non-hydrogen) atoms. The van der Waals surface area contributed by atoms with Gasteiger partial charge in [0.25, 0.3) is 5.91 Å². The molecule has 3 heterocycles. The van der Waals surface area contributed by atoms with Crippen LogP contribution in [0.5, 0.6) is 5.75 Å². The molecule has 174 valence electrons. The summed E-state index contributed by atoms with van der Waals surface area (Å²) in [5.74, 6) is -0.807. The molecule has 9 nitrogen and oxygen atoms in total. The highest BCUT2D eigenvalue weighted by atomic mass is 35.5. The molecule has 0 radical (unpaired) electrons. The quantitative estimate of drug-likeness (QED) is 0.393. The van der Waals surface area contributed by atoms with Crippen LogP contribution in [0.15, 0.2) is 93.6 Å². The first-order valence-corrected chi connectivity index (χ1v) is 12.6. The van der Waals surface area contributed by atoms with Crippen molar-refractivity contribution in [3.63, 3.8) is 0 Å². The fraction of sp³-hybridized carbons (Fsp3) is 0. The Hall–Kier alpha value is -3.80. The van der Waals surface area contributed by atoms with Gasteiger partial charge in [-0.15, -0.1) is 0 Å². The minimum atomic E-state index is -4.07. The zero-order valence-corrected chi connectivity index (χ0v) is 20.0. The van der Waals surface area contributed by atoms with Crippen LogP contribution in [-0.2, 0) is 14.9 Å². The van der Waals surface area contributed by atoms with E-state index in [0.29, 0.717) is 10.6 Å². The number of hydrazone groups is 1. The summed E-state index contributed by atoms with van der Waals surface area (Å²) < 4.78 is 30.1. The van der Waals surface area contributed by atoms with E-state index in [1.165, 1.54) is 53.2 Å². The standard InChI is InChI=1S/C23H14ClN5O4S2/c24-18-12-14(8-9-19(18)33-35(31,32)16-6-2-1-3-7-16)11-17-20(25)29-23(27-21(17)30)34-22(28-29)15-5-4-10-26-13-15/h1-13,25H. The number of hydrogen-bond donors (Lipinski definition) is 1. The van der Waals surface area contributed by atoms with Crippen LogP contribution in [0, 0.1) is 5.41 Å². The van der Waals surface area contributed by atoms with Crippen molar-refractivity contribution in [3.05, 3.63) is 94.8 Å². The van der Waals surface area contributed by atoms with E-state index in [1.807, 2.05) is 6.07 Å². The third-order valence-corrected chi connectivity index (χ3v) is 7.36. The second kappa shape index (κ2) is 9.10. The van der Waals surface area contributed by atoms with Gasteiger partial charge >= 0.3 is 10.1 Å². The number of thioether (sulfide) groups is 1. The van der Waals surface area contributed by atoms with Gasteiger partial charge in [-0.05, 0) is 59.8 Å². The topological polar surface area (TPSA) is 125 Å². The number of rotatable bonds is 5. The van der Waals surface area contributed by atoms with Crippen LogP contribution in [0.3, 0.4) is 0 Å². The highest BCUT2D eigenvalue weighted by molar-refractivity contribution is 8.27. The van der Waals surface area contributed by atoms with Crippen LogP contribution in [0.1, 0.15) is 11.1 Å². The smallest absolute Gasteiger partial charge is 0.339 e. The summed E-state index contributed by atoms with van der Waals surface area (Å²) in [6.45, 7) is 0. The number of nitrogens with one attached hydrogen (secondary N) is 1. The lowest BCUT2D eigenvalue weighted by Gasteiger charge is -2.20. The number of amides is 1. The summed E-state index contributed by atoms with van der Waals surface area (Å²) in [6, 6.07) is 15.6. The number of hydrogen-bond acceptors (Lipinski definition) is 8. The number of carbonyl (C=O) groups is 1. The van der Waals surface area contributed by atoms with Gasteiger partial charge in [0.2, 0.25) is 5.17 Å². The second-order valence-electron chi connectivity index (χ2n) is 7.21. The van der Waals surface area contributed by atoms with Gasteiger partial charge in [0.1, 0.15) is 9.94 Å². The summed E-state index contributed by atoms with van der Waals surface area (Å²) in [5, 5.41) is 15.1. The third kappa shape index (κ3) is 4.61. The summed E-state index contributed by atoms with van der Waals surface area (Å²) in [5.41, 5.74) is 1.20. The van der Waals surface area contributed by atoms with E-state index in [4.69, 9.17) is 21.2 Å². The van der Waals surface area contributed by atoms with Crippen molar-refractivity contribution in [1.29, 1.82) is 5.41 Å². The van der Waals surface area contributed by atoms with Gasteiger partial charge < -0.3 is 4.18 Å². The highest BCUT2D eigenvalue weighted by Crippen LogP contribution is 2.32. The predicted molar refractivity (Wildman–Crippen MR) is 134 cm³/mol. The van der Waals surface area contributed by atoms with Crippen LogP contribution in [0.2, 0.25) is 5.02 Å². The van der Waals surface area contributed by atoms with E-state index in [0.717, 1.165) is 5.56 Å². The number of carbonyl (C=O) groups excluding carboxylic acids is 1. The maximum atomic E-state index is 12.7. The first-order valence-electron chi connectivity index (χ1n) is 10.0. The summed E-state index contributed by atoms with van der Waals surface area (Å²) >= 11 is 7.44. The minimum Gasteiger partial charge on any atom is -0.377 e. The molecule has 12 heteroatoms. The van der Waals surface area contributed by atoms with Gasteiger partial charge in [0, 0.05) is 18.0 Å². The molecule has 1 N–H and O–H groups in total. The van der Waals surface area contributed by atoms with E-state index >= 15 is 0 Å². The van der Waals surface area contributed by atoms with Gasteiger partial charge in [-0.25, -0.2) is 0 Å². The number of halogens is 1. The molecular formula is C23H14ClN5O4S2. The zero-order chi connectivity index (χ0) is 24.6. The van der Waals surface area contributed by atoms with Crippen LogP contribution >= 0.6 is 23.4 Å². The Balaban J connectivity index is 1.40. The molecule has 0 spiro atoms. The highest BCUT2D eigenvalue weighted by Gasteiger charge is 2.36. The summed E-state index contributed by atoms with van der Waals surface area (Å²) in [7, 11) is -4.07. The van der Waals surface area contributed by atoms with Gasteiger partial charge in [-0.3, -0.25) is 15.2 Å². The second-order valence-corrected chi connectivity index (χ2v) is 10.1. The van der Waals surface area contributed by atoms with E-state index in [2.05, 4.69) is 15.1 Å². The molecular weight excluding hydrogens is 510 g/mol.